The van der Waals surface area contributed by atoms with Crippen LogP contribution >= 0.6 is 11.8 Å². The summed E-state index contributed by atoms with van der Waals surface area (Å²) < 4.78 is 17.1. The molecular weight excluding hydrogens is 308 g/mol. The van der Waals surface area contributed by atoms with Gasteiger partial charge in [0.15, 0.2) is 6.29 Å². The molecule has 4 heteroatoms. The van der Waals surface area contributed by atoms with Crippen LogP contribution in [0.1, 0.15) is 19.3 Å². The Labute approximate surface area is 142 Å². The minimum absolute atomic E-state index is 0.00555. The highest BCUT2D eigenvalue weighted by Crippen LogP contribution is 2.25. The molecule has 0 spiro atoms. The van der Waals surface area contributed by atoms with Gasteiger partial charge in [0.25, 0.3) is 0 Å². The van der Waals surface area contributed by atoms with E-state index in [2.05, 4.69) is 12.1 Å². The summed E-state index contributed by atoms with van der Waals surface area (Å²) in [6, 6.07) is 18.0. The normalized spacial score (nSPS) is 17.8. The van der Waals surface area contributed by atoms with Crippen LogP contribution in [0.5, 0.6) is 11.5 Å². The molecule has 1 aliphatic heterocycles. The van der Waals surface area contributed by atoms with E-state index in [1.54, 1.807) is 11.8 Å². The van der Waals surface area contributed by atoms with Crippen LogP contribution in [0.4, 0.5) is 0 Å². The second kappa shape index (κ2) is 8.96. The van der Waals surface area contributed by atoms with Crippen molar-refractivity contribution >= 4 is 11.8 Å². The van der Waals surface area contributed by atoms with Gasteiger partial charge in [-0.1, -0.05) is 18.2 Å². The van der Waals surface area contributed by atoms with Crippen LogP contribution in [0.15, 0.2) is 59.5 Å². The smallest absolute Gasteiger partial charge is 0.157 e. The second-order valence-electron chi connectivity index (χ2n) is 5.40. The highest BCUT2D eigenvalue weighted by atomic mass is 32.2. The van der Waals surface area contributed by atoms with Gasteiger partial charge in [-0.15, -0.1) is 11.8 Å². The van der Waals surface area contributed by atoms with E-state index in [4.69, 9.17) is 14.2 Å². The molecule has 0 N–H and O–H groups in total. The first kappa shape index (κ1) is 16.4. The van der Waals surface area contributed by atoms with Gasteiger partial charge in [-0.25, -0.2) is 0 Å². The lowest BCUT2D eigenvalue weighted by molar-refractivity contribution is -0.158. The molecule has 0 unspecified atom stereocenters. The zero-order valence-corrected chi connectivity index (χ0v) is 14.0. The van der Waals surface area contributed by atoms with Gasteiger partial charge in [0.2, 0.25) is 0 Å². The molecule has 1 saturated heterocycles. The Kier molecular flexibility index (Phi) is 6.38. The quantitative estimate of drug-likeness (QED) is 0.520. The largest absolute Gasteiger partial charge is 0.457 e. The lowest BCUT2D eigenvalue weighted by atomic mass is 10.2. The van der Waals surface area contributed by atoms with Gasteiger partial charge >= 0.3 is 0 Å². The first-order valence-corrected chi connectivity index (χ1v) is 9.08. The highest BCUT2D eigenvalue weighted by molar-refractivity contribution is 7.99. The Morgan fingerprint density at radius 3 is 2.48 bits per heavy atom. The molecule has 2 aromatic rings. The van der Waals surface area contributed by atoms with Crippen molar-refractivity contribution in [1.82, 2.24) is 0 Å². The van der Waals surface area contributed by atoms with Crippen molar-refractivity contribution in [3.05, 3.63) is 54.6 Å². The zero-order chi connectivity index (χ0) is 15.7. The topological polar surface area (TPSA) is 27.7 Å². The van der Waals surface area contributed by atoms with Gasteiger partial charge in [0.1, 0.15) is 11.5 Å². The van der Waals surface area contributed by atoms with E-state index in [1.807, 2.05) is 42.5 Å². The SMILES string of the molecule is c1ccc(Oc2ccc(SCCO[C@H]3CCCCO3)cc2)cc1. The Balaban J connectivity index is 1.39. The molecule has 1 atom stereocenters. The molecule has 1 aliphatic rings. The van der Waals surface area contributed by atoms with Crippen LogP contribution in [0.25, 0.3) is 0 Å². The van der Waals surface area contributed by atoms with Crippen molar-refractivity contribution in [2.24, 2.45) is 0 Å². The summed E-state index contributed by atoms with van der Waals surface area (Å²) in [7, 11) is 0. The second-order valence-corrected chi connectivity index (χ2v) is 6.57. The third kappa shape index (κ3) is 5.57. The lowest BCUT2D eigenvalue weighted by Gasteiger charge is -2.22. The summed E-state index contributed by atoms with van der Waals surface area (Å²) in [5, 5.41) is 0. The minimum atomic E-state index is 0.00555. The van der Waals surface area contributed by atoms with Crippen molar-refractivity contribution in [1.29, 1.82) is 0 Å². The van der Waals surface area contributed by atoms with Crippen LogP contribution in [0.2, 0.25) is 0 Å². The van der Waals surface area contributed by atoms with Crippen LogP contribution < -0.4 is 4.74 Å². The zero-order valence-electron chi connectivity index (χ0n) is 13.1. The fraction of sp³-hybridized carbons (Fsp3) is 0.368. The van der Waals surface area contributed by atoms with E-state index in [9.17, 15) is 0 Å². The van der Waals surface area contributed by atoms with Crippen LogP contribution in [-0.2, 0) is 9.47 Å². The predicted octanol–water partition coefficient (Wildman–Crippen LogP) is 5.11. The van der Waals surface area contributed by atoms with Crippen molar-refractivity contribution in [2.75, 3.05) is 19.0 Å². The average molecular weight is 330 g/mol. The first-order chi connectivity index (χ1) is 11.4. The third-order valence-corrected chi connectivity index (χ3v) is 4.57. The van der Waals surface area contributed by atoms with Gasteiger partial charge in [-0.05, 0) is 55.7 Å². The Morgan fingerprint density at radius 1 is 0.957 bits per heavy atom. The molecule has 23 heavy (non-hydrogen) atoms. The number of rotatable bonds is 7. The molecule has 0 radical (unpaired) electrons. The number of benzene rings is 2. The van der Waals surface area contributed by atoms with Gasteiger partial charge in [0.05, 0.1) is 6.61 Å². The van der Waals surface area contributed by atoms with Crippen LogP contribution in [0, 0.1) is 0 Å². The summed E-state index contributed by atoms with van der Waals surface area (Å²) >= 11 is 1.79. The van der Waals surface area contributed by atoms with Crippen LogP contribution in [-0.4, -0.2) is 25.3 Å². The maximum absolute atomic E-state index is 5.79. The molecule has 0 bridgehead atoms. The molecule has 1 heterocycles. The minimum Gasteiger partial charge on any atom is -0.457 e. The van der Waals surface area contributed by atoms with Gasteiger partial charge in [0, 0.05) is 17.3 Å². The summed E-state index contributed by atoms with van der Waals surface area (Å²) in [6.07, 6.45) is 3.40. The summed E-state index contributed by atoms with van der Waals surface area (Å²) in [6.45, 7) is 1.55. The molecule has 3 nitrogen and oxygen atoms in total. The number of hydrogen-bond donors (Lipinski definition) is 0. The fourth-order valence-corrected chi connectivity index (χ4v) is 3.15. The van der Waals surface area contributed by atoms with Crippen molar-refractivity contribution < 1.29 is 14.2 Å². The summed E-state index contributed by atoms with van der Waals surface area (Å²) in [5.74, 6) is 2.64. The van der Waals surface area contributed by atoms with E-state index in [-0.39, 0.29) is 6.29 Å². The van der Waals surface area contributed by atoms with Gasteiger partial charge < -0.3 is 14.2 Å². The lowest BCUT2D eigenvalue weighted by Crippen LogP contribution is -2.23. The number of hydrogen-bond acceptors (Lipinski definition) is 4. The van der Waals surface area contributed by atoms with E-state index >= 15 is 0 Å². The monoisotopic (exact) mass is 330 g/mol. The maximum Gasteiger partial charge on any atom is 0.157 e. The fourth-order valence-electron chi connectivity index (χ4n) is 2.41. The third-order valence-electron chi connectivity index (χ3n) is 3.60. The number of para-hydroxylation sites is 1. The standard InChI is InChI=1S/C19H22O3S/c1-2-6-16(7-3-1)22-17-9-11-18(12-10-17)23-15-14-21-19-8-4-5-13-20-19/h1-3,6-7,9-12,19H,4-5,8,13-15H2/t19-/m0/s1. The van der Waals surface area contributed by atoms with E-state index < -0.39 is 0 Å². The first-order valence-electron chi connectivity index (χ1n) is 8.09. The van der Waals surface area contributed by atoms with Crippen LogP contribution in [0.3, 0.4) is 0 Å². The van der Waals surface area contributed by atoms with E-state index in [0.717, 1.165) is 43.3 Å². The molecule has 0 amide bonds. The molecule has 0 aliphatic carbocycles. The molecular formula is C19H22O3S. The molecule has 1 fully saturated rings. The van der Waals surface area contributed by atoms with Crippen molar-refractivity contribution in [3.8, 4) is 11.5 Å². The number of thioether (sulfide) groups is 1. The van der Waals surface area contributed by atoms with E-state index in [1.165, 1.54) is 11.3 Å². The molecule has 2 aromatic carbocycles. The Bertz CT molecular complexity index is 565. The highest BCUT2D eigenvalue weighted by Gasteiger charge is 2.13. The average Bonchev–Trinajstić information content (AvgIpc) is 2.62. The summed E-state index contributed by atoms with van der Waals surface area (Å²) in [4.78, 5) is 1.22. The predicted molar refractivity (Wildman–Crippen MR) is 93.2 cm³/mol. The van der Waals surface area contributed by atoms with Crippen molar-refractivity contribution in [3.63, 3.8) is 0 Å². The summed E-state index contributed by atoms with van der Waals surface area (Å²) in [5.41, 5.74) is 0. The molecule has 0 aromatic heterocycles. The van der Waals surface area contributed by atoms with Crippen molar-refractivity contribution in [2.45, 2.75) is 30.4 Å². The Hall–Kier alpha value is -1.49. The Morgan fingerprint density at radius 2 is 1.74 bits per heavy atom. The number of ether oxygens (including phenoxy) is 3. The van der Waals surface area contributed by atoms with Gasteiger partial charge in [-0.3, -0.25) is 0 Å². The molecule has 0 saturated carbocycles. The molecule has 3 rings (SSSR count). The van der Waals surface area contributed by atoms with Gasteiger partial charge in [-0.2, -0.15) is 0 Å². The van der Waals surface area contributed by atoms with E-state index in [0.29, 0.717) is 0 Å². The molecule has 122 valence electrons. The maximum atomic E-state index is 5.79.